The van der Waals surface area contributed by atoms with E-state index in [1.165, 1.54) is 6.07 Å². The lowest BCUT2D eigenvalue weighted by molar-refractivity contribution is -0.135. The zero-order chi connectivity index (χ0) is 18.6. The van der Waals surface area contributed by atoms with Gasteiger partial charge in [0.2, 0.25) is 0 Å². The van der Waals surface area contributed by atoms with E-state index in [0.29, 0.717) is 19.4 Å². The van der Waals surface area contributed by atoms with Crippen LogP contribution in [0.1, 0.15) is 35.7 Å². The number of benzene rings is 1. The first-order valence-corrected chi connectivity index (χ1v) is 10.0. The number of aryl methyl sites for hydroxylation is 1. The molecule has 1 aromatic rings. The van der Waals surface area contributed by atoms with Crippen molar-refractivity contribution in [3.05, 3.63) is 29.3 Å². The van der Waals surface area contributed by atoms with Crippen molar-refractivity contribution in [2.75, 3.05) is 24.7 Å². The van der Waals surface area contributed by atoms with E-state index in [1.54, 1.807) is 24.0 Å². The molecule has 0 saturated carbocycles. The maximum Gasteiger partial charge on any atom is 0.339 e. The third-order valence-corrected chi connectivity index (χ3v) is 5.90. The van der Waals surface area contributed by atoms with Gasteiger partial charge in [-0.05, 0) is 37.5 Å². The zero-order valence-corrected chi connectivity index (χ0v) is 15.2. The minimum atomic E-state index is -3.10. The van der Waals surface area contributed by atoms with Gasteiger partial charge in [-0.1, -0.05) is 13.0 Å². The van der Waals surface area contributed by atoms with E-state index in [0.717, 1.165) is 5.56 Å². The highest BCUT2D eigenvalue weighted by molar-refractivity contribution is 7.91. The SMILES string of the molecule is CCCN(C(=O)COc1cc(C)ccc1C(=O)O)C1CCS(=O)(=O)C1. The molecule has 0 bridgehead atoms. The molecular formula is C17H23NO6S. The molecule has 7 nitrogen and oxygen atoms in total. The number of carboxylic acids is 1. The molecule has 1 unspecified atom stereocenters. The van der Waals surface area contributed by atoms with Gasteiger partial charge in [-0.15, -0.1) is 0 Å². The van der Waals surface area contributed by atoms with Gasteiger partial charge >= 0.3 is 5.97 Å². The van der Waals surface area contributed by atoms with Crippen molar-refractivity contribution in [2.45, 2.75) is 32.7 Å². The molecule has 1 aliphatic rings. The van der Waals surface area contributed by atoms with Gasteiger partial charge < -0.3 is 14.7 Å². The predicted octanol–water partition coefficient (Wildman–Crippen LogP) is 1.50. The first-order chi connectivity index (χ1) is 11.7. The molecule has 1 N–H and O–H groups in total. The largest absolute Gasteiger partial charge is 0.483 e. The van der Waals surface area contributed by atoms with Crippen LogP contribution in [0.3, 0.4) is 0 Å². The van der Waals surface area contributed by atoms with Crippen LogP contribution in [-0.4, -0.2) is 61.0 Å². The summed E-state index contributed by atoms with van der Waals surface area (Å²) in [5.41, 5.74) is 0.809. The van der Waals surface area contributed by atoms with Gasteiger partial charge in [0.1, 0.15) is 11.3 Å². The van der Waals surface area contributed by atoms with Gasteiger partial charge in [-0.25, -0.2) is 13.2 Å². The van der Waals surface area contributed by atoms with Gasteiger partial charge in [0, 0.05) is 12.6 Å². The van der Waals surface area contributed by atoms with E-state index in [-0.39, 0.29) is 41.4 Å². The number of carbonyl (C=O) groups excluding carboxylic acids is 1. The molecule has 1 heterocycles. The van der Waals surface area contributed by atoms with Crippen LogP contribution in [0.5, 0.6) is 5.75 Å². The highest BCUT2D eigenvalue weighted by Crippen LogP contribution is 2.22. The zero-order valence-electron chi connectivity index (χ0n) is 14.4. The van der Waals surface area contributed by atoms with Crippen molar-refractivity contribution in [1.82, 2.24) is 4.90 Å². The molecule has 0 spiro atoms. The second kappa shape index (κ2) is 7.86. The normalized spacial score (nSPS) is 18.7. The van der Waals surface area contributed by atoms with Crippen LogP contribution in [-0.2, 0) is 14.6 Å². The Kier molecular flexibility index (Phi) is 6.05. The average Bonchev–Trinajstić information content (AvgIpc) is 2.89. The smallest absolute Gasteiger partial charge is 0.339 e. The van der Waals surface area contributed by atoms with Crippen LogP contribution in [0, 0.1) is 6.92 Å². The van der Waals surface area contributed by atoms with E-state index < -0.39 is 15.8 Å². The minimum Gasteiger partial charge on any atom is -0.483 e. The number of hydrogen-bond donors (Lipinski definition) is 1. The van der Waals surface area contributed by atoms with Crippen LogP contribution in [0.25, 0.3) is 0 Å². The molecule has 8 heteroatoms. The number of carboxylic acid groups (broad SMARTS) is 1. The summed E-state index contributed by atoms with van der Waals surface area (Å²) >= 11 is 0. The van der Waals surface area contributed by atoms with Crippen LogP contribution in [0.15, 0.2) is 18.2 Å². The molecule has 25 heavy (non-hydrogen) atoms. The first kappa shape index (κ1) is 19.2. The fraction of sp³-hybridized carbons (Fsp3) is 0.529. The predicted molar refractivity (Wildman–Crippen MR) is 92.7 cm³/mol. The molecule has 2 rings (SSSR count). The van der Waals surface area contributed by atoms with Crippen molar-refractivity contribution in [3.8, 4) is 5.75 Å². The second-order valence-corrected chi connectivity index (χ2v) is 8.47. The lowest BCUT2D eigenvalue weighted by Crippen LogP contribution is -2.44. The number of hydrogen-bond acceptors (Lipinski definition) is 5. The summed E-state index contributed by atoms with van der Waals surface area (Å²) in [6.45, 7) is 3.84. The Morgan fingerprint density at radius 2 is 2.08 bits per heavy atom. The van der Waals surface area contributed by atoms with E-state index in [4.69, 9.17) is 4.74 Å². The van der Waals surface area contributed by atoms with Gasteiger partial charge in [-0.3, -0.25) is 4.79 Å². The maximum absolute atomic E-state index is 12.5. The molecule has 1 amide bonds. The quantitative estimate of drug-likeness (QED) is 0.782. The summed E-state index contributed by atoms with van der Waals surface area (Å²) < 4.78 is 28.8. The number of nitrogens with zero attached hydrogens (tertiary/aromatic N) is 1. The number of aromatic carboxylic acids is 1. The molecule has 1 fully saturated rings. The number of amides is 1. The monoisotopic (exact) mass is 369 g/mol. The minimum absolute atomic E-state index is 0.0103. The molecule has 1 saturated heterocycles. The van der Waals surface area contributed by atoms with Crippen molar-refractivity contribution >= 4 is 21.7 Å². The molecule has 138 valence electrons. The first-order valence-electron chi connectivity index (χ1n) is 8.20. The topological polar surface area (TPSA) is 101 Å². The fourth-order valence-corrected chi connectivity index (χ4v) is 4.65. The van der Waals surface area contributed by atoms with Crippen LogP contribution < -0.4 is 4.74 Å². The lowest BCUT2D eigenvalue weighted by atomic mass is 10.1. The van der Waals surface area contributed by atoms with Gasteiger partial charge in [0.25, 0.3) is 5.91 Å². The summed E-state index contributed by atoms with van der Waals surface area (Å²) in [4.78, 5) is 25.3. The van der Waals surface area contributed by atoms with Crippen molar-refractivity contribution in [2.24, 2.45) is 0 Å². The Hall–Kier alpha value is -2.09. The third-order valence-electron chi connectivity index (χ3n) is 4.15. The lowest BCUT2D eigenvalue weighted by Gasteiger charge is -2.28. The Balaban J connectivity index is 2.09. The van der Waals surface area contributed by atoms with Crippen molar-refractivity contribution in [3.63, 3.8) is 0 Å². The summed E-state index contributed by atoms with van der Waals surface area (Å²) in [5, 5.41) is 9.20. The van der Waals surface area contributed by atoms with E-state index in [2.05, 4.69) is 0 Å². The fourth-order valence-electron chi connectivity index (χ4n) is 2.92. The summed E-state index contributed by atoms with van der Waals surface area (Å²) in [7, 11) is -3.10. The molecule has 1 aromatic carbocycles. The maximum atomic E-state index is 12.5. The molecular weight excluding hydrogens is 346 g/mol. The van der Waals surface area contributed by atoms with Crippen molar-refractivity contribution < 1.29 is 27.9 Å². The molecule has 1 aliphatic heterocycles. The van der Waals surface area contributed by atoms with E-state index in [9.17, 15) is 23.1 Å². The highest BCUT2D eigenvalue weighted by atomic mass is 32.2. The second-order valence-electron chi connectivity index (χ2n) is 6.24. The standard InChI is InChI=1S/C17H23NO6S/c1-3-7-18(13-6-8-25(22,23)11-13)16(19)10-24-15-9-12(2)4-5-14(15)17(20)21/h4-5,9,13H,3,6-8,10-11H2,1-2H3,(H,20,21). The Labute approximate surface area is 147 Å². The number of carbonyl (C=O) groups is 2. The van der Waals surface area contributed by atoms with Crippen molar-refractivity contribution in [1.29, 1.82) is 0 Å². The van der Waals surface area contributed by atoms with Crippen LogP contribution in [0.4, 0.5) is 0 Å². The molecule has 0 aliphatic carbocycles. The summed E-state index contributed by atoms with van der Waals surface area (Å²) in [5.74, 6) is -1.26. The number of rotatable bonds is 7. The highest BCUT2D eigenvalue weighted by Gasteiger charge is 2.34. The van der Waals surface area contributed by atoms with E-state index in [1.807, 2.05) is 6.92 Å². The average molecular weight is 369 g/mol. The Bertz CT molecular complexity index is 758. The van der Waals surface area contributed by atoms with E-state index >= 15 is 0 Å². The van der Waals surface area contributed by atoms with Crippen LogP contribution >= 0.6 is 0 Å². The van der Waals surface area contributed by atoms with Gasteiger partial charge in [0.15, 0.2) is 16.4 Å². The Morgan fingerprint density at radius 3 is 2.64 bits per heavy atom. The van der Waals surface area contributed by atoms with Crippen LogP contribution in [0.2, 0.25) is 0 Å². The molecule has 0 radical (unpaired) electrons. The summed E-state index contributed by atoms with van der Waals surface area (Å²) in [6.07, 6.45) is 1.13. The molecule has 0 aromatic heterocycles. The third kappa shape index (κ3) is 4.94. The van der Waals surface area contributed by atoms with Gasteiger partial charge in [-0.2, -0.15) is 0 Å². The number of sulfone groups is 1. The number of ether oxygens (including phenoxy) is 1. The Morgan fingerprint density at radius 1 is 1.36 bits per heavy atom. The van der Waals surface area contributed by atoms with Gasteiger partial charge in [0.05, 0.1) is 11.5 Å². The summed E-state index contributed by atoms with van der Waals surface area (Å²) in [6, 6.07) is 4.33. The molecule has 1 atom stereocenters.